The van der Waals surface area contributed by atoms with Gasteiger partial charge in [-0.2, -0.15) is 0 Å². The van der Waals surface area contributed by atoms with Crippen molar-refractivity contribution in [2.75, 3.05) is 6.61 Å². The molecule has 4 heteroatoms. The zero-order chi connectivity index (χ0) is 14.8. The van der Waals surface area contributed by atoms with E-state index in [0.717, 1.165) is 5.69 Å². The average molecular weight is 287 g/mol. The molecule has 0 N–H and O–H groups in total. The summed E-state index contributed by atoms with van der Waals surface area (Å²) < 4.78 is 6.94. The average Bonchev–Trinajstić information content (AvgIpc) is 2.88. The molecule has 1 aromatic heterocycles. The number of esters is 1. The molecule has 0 unspecified atom stereocenters. The summed E-state index contributed by atoms with van der Waals surface area (Å²) in [6, 6.07) is 10.4. The Morgan fingerprint density at radius 3 is 2.35 bits per heavy atom. The normalized spacial score (nSPS) is 11.4. The van der Waals surface area contributed by atoms with Crippen LogP contribution in [0.15, 0.2) is 42.7 Å². The van der Waals surface area contributed by atoms with Gasteiger partial charge in [-0.25, -0.2) is 4.79 Å². The monoisotopic (exact) mass is 287 g/mol. The predicted molar refractivity (Wildman–Crippen MR) is 84.7 cm³/mol. The number of nitrogens with zero attached hydrogens (tertiary/aromatic N) is 1. The van der Waals surface area contributed by atoms with Gasteiger partial charge in [-0.15, -0.1) is 0 Å². The number of hydrogen-bond acceptors (Lipinski definition) is 2. The maximum absolute atomic E-state index is 11.6. The van der Waals surface area contributed by atoms with Crippen LogP contribution in [0, 0.1) is 0 Å². The van der Waals surface area contributed by atoms with Crippen molar-refractivity contribution >= 4 is 19.2 Å². The minimum atomic E-state index is -1.26. The highest BCUT2D eigenvalue weighted by Crippen LogP contribution is 2.12. The maximum Gasteiger partial charge on any atom is 0.339 e. The molecule has 0 bridgehead atoms. The van der Waals surface area contributed by atoms with Gasteiger partial charge in [0.25, 0.3) is 0 Å². The highest BCUT2D eigenvalue weighted by atomic mass is 28.3. The Labute approximate surface area is 121 Å². The summed E-state index contributed by atoms with van der Waals surface area (Å²) in [4.78, 5) is 11.6. The minimum Gasteiger partial charge on any atom is -0.462 e. The first-order valence-corrected chi connectivity index (χ1v) is 10.4. The van der Waals surface area contributed by atoms with Gasteiger partial charge in [-0.3, -0.25) is 0 Å². The summed E-state index contributed by atoms with van der Waals surface area (Å²) in [5.74, 6) is -0.273. The van der Waals surface area contributed by atoms with Gasteiger partial charge in [0.05, 0.1) is 20.2 Å². The molecule has 0 spiro atoms. The molecular formula is C16H21NO2Si. The van der Waals surface area contributed by atoms with E-state index in [1.165, 1.54) is 5.19 Å². The predicted octanol–water partition coefficient (Wildman–Crippen LogP) is 3.20. The highest BCUT2D eigenvalue weighted by molar-refractivity contribution is 6.88. The van der Waals surface area contributed by atoms with Crippen molar-refractivity contribution < 1.29 is 9.53 Å². The number of carbonyl (C=O) groups excluding carboxylic acids is 1. The van der Waals surface area contributed by atoms with E-state index in [2.05, 4.69) is 43.9 Å². The molecule has 2 rings (SSSR count). The van der Waals surface area contributed by atoms with Gasteiger partial charge < -0.3 is 9.30 Å². The van der Waals surface area contributed by atoms with E-state index in [-0.39, 0.29) is 5.97 Å². The summed E-state index contributed by atoms with van der Waals surface area (Å²) in [5.41, 5.74) is 1.64. The van der Waals surface area contributed by atoms with Crippen molar-refractivity contribution in [1.29, 1.82) is 0 Å². The van der Waals surface area contributed by atoms with Gasteiger partial charge in [0, 0.05) is 18.1 Å². The Bertz CT molecular complexity index is 594. The first-order chi connectivity index (χ1) is 9.41. The molecule has 0 atom stereocenters. The first-order valence-electron chi connectivity index (χ1n) is 6.88. The van der Waals surface area contributed by atoms with Crippen LogP contribution in [0.25, 0.3) is 5.69 Å². The van der Waals surface area contributed by atoms with Gasteiger partial charge in [-0.1, -0.05) is 37.0 Å². The Morgan fingerprint density at radius 1 is 1.15 bits per heavy atom. The Balaban J connectivity index is 2.22. The molecule has 0 saturated carbocycles. The second-order valence-electron chi connectivity index (χ2n) is 5.82. The SMILES string of the molecule is CCOC(=O)c1ccn(-c2ccc([Si](C)(C)C)cc2)c1. The zero-order valence-electron chi connectivity index (χ0n) is 12.5. The van der Waals surface area contributed by atoms with Gasteiger partial charge in [-0.05, 0) is 25.1 Å². The third-order valence-corrected chi connectivity index (χ3v) is 5.30. The van der Waals surface area contributed by atoms with Crippen molar-refractivity contribution in [2.24, 2.45) is 0 Å². The van der Waals surface area contributed by atoms with Crippen LogP contribution in [0.2, 0.25) is 19.6 Å². The topological polar surface area (TPSA) is 31.2 Å². The summed E-state index contributed by atoms with van der Waals surface area (Å²) in [6.45, 7) is 9.20. The van der Waals surface area contributed by atoms with Crippen LogP contribution in [0.4, 0.5) is 0 Å². The van der Waals surface area contributed by atoms with E-state index in [0.29, 0.717) is 12.2 Å². The van der Waals surface area contributed by atoms with Crippen molar-refractivity contribution in [3.05, 3.63) is 48.3 Å². The van der Waals surface area contributed by atoms with Crippen molar-refractivity contribution in [3.63, 3.8) is 0 Å². The standard InChI is InChI=1S/C16H21NO2Si/c1-5-19-16(18)13-10-11-17(12-13)14-6-8-15(9-7-14)20(2,3)4/h6-12H,5H2,1-4H3. The van der Waals surface area contributed by atoms with Crippen molar-refractivity contribution in [3.8, 4) is 5.69 Å². The molecule has 0 radical (unpaired) electrons. The molecule has 3 nitrogen and oxygen atoms in total. The van der Waals surface area contributed by atoms with Gasteiger partial charge in [0.2, 0.25) is 0 Å². The van der Waals surface area contributed by atoms with Gasteiger partial charge >= 0.3 is 5.97 Å². The molecule has 20 heavy (non-hydrogen) atoms. The van der Waals surface area contributed by atoms with Crippen LogP contribution in [-0.4, -0.2) is 25.2 Å². The molecule has 1 aromatic carbocycles. The molecular weight excluding hydrogens is 266 g/mol. The van der Waals surface area contributed by atoms with E-state index in [9.17, 15) is 4.79 Å². The van der Waals surface area contributed by atoms with Crippen LogP contribution in [0.5, 0.6) is 0 Å². The number of rotatable bonds is 4. The van der Waals surface area contributed by atoms with Crippen LogP contribution < -0.4 is 5.19 Å². The van der Waals surface area contributed by atoms with E-state index >= 15 is 0 Å². The molecule has 0 fully saturated rings. The number of benzene rings is 1. The zero-order valence-corrected chi connectivity index (χ0v) is 13.5. The summed E-state index contributed by atoms with van der Waals surface area (Å²) in [5, 5.41) is 1.43. The molecule has 0 aliphatic carbocycles. The summed E-state index contributed by atoms with van der Waals surface area (Å²) in [6.07, 6.45) is 3.69. The number of ether oxygens (including phenoxy) is 1. The fourth-order valence-electron chi connectivity index (χ4n) is 2.03. The number of aromatic nitrogens is 1. The quantitative estimate of drug-likeness (QED) is 0.639. The molecule has 0 saturated heterocycles. The fraction of sp³-hybridized carbons (Fsp3) is 0.312. The second kappa shape index (κ2) is 5.67. The van der Waals surface area contributed by atoms with E-state index in [1.54, 1.807) is 6.07 Å². The lowest BCUT2D eigenvalue weighted by Crippen LogP contribution is -2.37. The number of hydrogen-bond donors (Lipinski definition) is 0. The molecule has 0 aliphatic heterocycles. The van der Waals surface area contributed by atoms with Crippen LogP contribution in [-0.2, 0) is 4.74 Å². The minimum absolute atomic E-state index is 0.273. The lowest BCUT2D eigenvalue weighted by molar-refractivity contribution is 0.0526. The molecule has 106 valence electrons. The summed E-state index contributed by atoms with van der Waals surface area (Å²) >= 11 is 0. The number of carbonyl (C=O) groups is 1. The Kier molecular flexibility index (Phi) is 4.14. The molecule has 0 amide bonds. The van der Waals surface area contributed by atoms with Gasteiger partial charge in [0.1, 0.15) is 0 Å². The first kappa shape index (κ1) is 14.6. The van der Waals surface area contributed by atoms with Crippen LogP contribution in [0.1, 0.15) is 17.3 Å². The summed E-state index contributed by atoms with van der Waals surface area (Å²) in [7, 11) is -1.26. The Hall–Kier alpha value is -1.81. The molecule has 1 heterocycles. The smallest absolute Gasteiger partial charge is 0.339 e. The highest BCUT2D eigenvalue weighted by Gasteiger charge is 2.16. The van der Waals surface area contributed by atoms with Crippen molar-refractivity contribution in [1.82, 2.24) is 4.57 Å². The largest absolute Gasteiger partial charge is 0.462 e. The lowest BCUT2D eigenvalue weighted by atomic mass is 10.3. The molecule has 2 aromatic rings. The van der Waals surface area contributed by atoms with E-state index in [4.69, 9.17) is 4.74 Å². The van der Waals surface area contributed by atoms with Gasteiger partial charge in [0.15, 0.2) is 0 Å². The van der Waals surface area contributed by atoms with Crippen molar-refractivity contribution in [2.45, 2.75) is 26.6 Å². The maximum atomic E-state index is 11.6. The third kappa shape index (κ3) is 3.19. The van der Waals surface area contributed by atoms with Crippen LogP contribution in [0.3, 0.4) is 0 Å². The lowest BCUT2D eigenvalue weighted by Gasteiger charge is -2.16. The second-order valence-corrected chi connectivity index (χ2v) is 10.9. The fourth-order valence-corrected chi connectivity index (χ4v) is 3.19. The third-order valence-electron chi connectivity index (χ3n) is 3.24. The van der Waals surface area contributed by atoms with Crippen LogP contribution >= 0.6 is 0 Å². The van der Waals surface area contributed by atoms with E-state index in [1.807, 2.05) is 23.9 Å². The van der Waals surface area contributed by atoms with E-state index < -0.39 is 8.07 Å². The molecule has 0 aliphatic rings. The Morgan fingerprint density at radius 2 is 1.80 bits per heavy atom.